The number of nitrogens with one attached hydrogen (secondary N) is 2. The van der Waals surface area contributed by atoms with Crippen LogP contribution in [0, 0.1) is 0 Å². The summed E-state index contributed by atoms with van der Waals surface area (Å²) in [5.41, 5.74) is 3.75. The highest BCUT2D eigenvalue weighted by Crippen LogP contribution is 2.35. The first-order chi connectivity index (χ1) is 14.2. The number of amides is 2. The Morgan fingerprint density at radius 2 is 1.79 bits per heavy atom. The van der Waals surface area contributed by atoms with Gasteiger partial charge in [0.05, 0.1) is 18.8 Å². The maximum absolute atomic E-state index is 12.3. The van der Waals surface area contributed by atoms with Gasteiger partial charge in [-0.25, -0.2) is 4.79 Å². The molecular weight excluding hydrogens is 384 g/mol. The fourth-order valence-electron chi connectivity index (χ4n) is 3.13. The van der Waals surface area contributed by atoms with Crippen LogP contribution in [0.4, 0.5) is 16.2 Å². The number of benzene rings is 2. The molecule has 2 aliphatic rings. The van der Waals surface area contributed by atoms with Crippen molar-refractivity contribution in [2.75, 3.05) is 30.3 Å². The highest BCUT2D eigenvalue weighted by molar-refractivity contribution is 8.16. The number of ether oxygens (including phenoxy) is 1. The van der Waals surface area contributed by atoms with E-state index in [9.17, 15) is 4.79 Å². The van der Waals surface area contributed by atoms with Crippen LogP contribution in [0.3, 0.4) is 0 Å². The summed E-state index contributed by atoms with van der Waals surface area (Å²) in [4.78, 5) is 19.0. The second kappa shape index (κ2) is 9.05. The van der Waals surface area contributed by atoms with Gasteiger partial charge in [-0.05, 0) is 48.4 Å². The molecule has 0 fully saturated rings. The lowest BCUT2D eigenvalue weighted by Gasteiger charge is -2.17. The Balaban J connectivity index is 1.30. The topological polar surface area (TPSA) is 66.0 Å². The molecule has 2 aromatic rings. The Labute approximate surface area is 175 Å². The number of fused-ring (bicyclic) bond motifs is 1. The van der Waals surface area contributed by atoms with Gasteiger partial charge < -0.3 is 20.3 Å². The third-order valence-electron chi connectivity index (χ3n) is 4.69. The molecule has 2 N–H and O–H groups in total. The second-order valence-electron chi connectivity index (χ2n) is 6.82. The van der Waals surface area contributed by atoms with Gasteiger partial charge in [0, 0.05) is 23.3 Å². The van der Waals surface area contributed by atoms with Gasteiger partial charge in [0.2, 0.25) is 0 Å². The van der Waals surface area contributed by atoms with E-state index in [2.05, 4.69) is 32.9 Å². The first-order valence-electron chi connectivity index (χ1n) is 9.83. The molecule has 0 aliphatic carbocycles. The van der Waals surface area contributed by atoms with Gasteiger partial charge in [0.25, 0.3) is 0 Å². The van der Waals surface area contributed by atoms with Gasteiger partial charge >= 0.3 is 6.03 Å². The van der Waals surface area contributed by atoms with E-state index in [1.54, 1.807) is 11.8 Å². The number of nitrogens with zero attached hydrogens (tertiary/aromatic N) is 2. The van der Waals surface area contributed by atoms with Crippen molar-refractivity contribution in [3.05, 3.63) is 59.5 Å². The Hall–Kier alpha value is -2.93. The van der Waals surface area contributed by atoms with E-state index in [0.29, 0.717) is 6.61 Å². The first kappa shape index (κ1) is 19.4. The van der Waals surface area contributed by atoms with Crippen LogP contribution < -0.4 is 15.4 Å². The van der Waals surface area contributed by atoms with Gasteiger partial charge in [-0.15, -0.1) is 0 Å². The van der Waals surface area contributed by atoms with Crippen molar-refractivity contribution in [2.45, 2.75) is 19.8 Å². The fourth-order valence-corrected chi connectivity index (χ4v) is 4.10. The van der Waals surface area contributed by atoms with Crippen molar-refractivity contribution in [3.8, 4) is 5.75 Å². The Morgan fingerprint density at radius 1 is 1.10 bits per heavy atom. The van der Waals surface area contributed by atoms with Crippen molar-refractivity contribution in [3.63, 3.8) is 0 Å². The van der Waals surface area contributed by atoms with Gasteiger partial charge in [0.15, 0.2) is 5.17 Å². The van der Waals surface area contributed by atoms with Crippen LogP contribution in [0.1, 0.15) is 25.3 Å². The summed E-state index contributed by atoms with van der Waals surface area (Å²) in [6.07, 6.45) is 2.13. The highest BCUT2D eigenvalue weighted by atomic mass is 32.2. The quantitative estimate of drug-likeness (QED) is 0.616. The summed E-state index contributed by atoms with van der Waals surface area (Å²) < 4.78 is 5.64. The molecule has 4 rings (SSSR count). The molecule has 0 saturated heterocycles. The molecule has 0 aromatic heterocycles. The fraction of sp³-hybridized carbons (Fsp3) is 0.273. The molecule has 2 amide bonds. The molecule has 6 nitrogen and oxygen atoms in total. The lowest BCUT2D eigenvalue weighted by atomic mass is 10.1. The zero-order valence-corrected chi connectivity index (χ0v) is 17.2. The average molecular weight is 409 g/mol. The van der Waals surface area contributed by atoms with Crippen LogP contribution in [-0.2, 0) is 0 Å². The van der Waals surface area contributed by atoms with E-state index < -0.39 is 0 Å². The predicted molar refractivity (Wildman–Crippen MR) is 121 cm³/mol. The van der Waals surface area contributed by atoms with Crippen molar-refractivity contribution in [1.82, 2.24) is 4.90 Å². The number of aliphatic imine (C=N–C) groups is 1. The molecule has 150 valence electrons. The van der Waals surface area contributed by atoms with Gasteiger partial charge in [-0.2, -0.15) is 0 Å². The summed E-state index contributed by atoms with van der Waals surface area (Å²) in [5, 5.41) is 8.91. The predicted octanol–water partition coefficient (Wildman–Crippen LogP) is 5.23. The number of rotatable bonds is 7. The van der Waals surface area contributed by atoms with Crippen molar-refractivity contribution in [1.29, 1.82) is 0 Å². The van der Waals surface area contributed by atoms with E-state index >= 15 is 0 Å². The molecule has 0 spiro atoms. The molecule has 0 bridgehead atoms. The van der Waals surface area contributed by atoms with Crippen LogP contribution in [-0.4, -0.2) is 35.8 Å². The summed E-state index contributed by atoms with van der Waals surface area (Å²) >= 11 is 1.66. The molecule has 0 atom stereocenters. The van der Waals surface area contributed by atoms with E-state index in [1.807, 2.05) is 48.5 Å². The Morgan fingerprint density at radius 3 is 2.48 bits per heavy atom. The molecule has 7 heteroatoms. The monoisotopic (exact) mass is 408 g/mol. The summed E-state index contributed by atoms with van der Waals surface area (Å²) in [5.74, 6) is 0.811. The van der Waals surface area contributed by atoms with Gasteiger partial charge in [-0.1, -0.05) is 37.2 Å². The second-order valence-corrected chi connectivity index (χ2v) is 7.66. The van der Waals surface area contributed by atoms with Crippen molar-refractivity contribution in [2.24, 2.45) is 4.99 Å². The minimum absolute atomic E-state index is 0.276. The third kappa shape index (κ3) is 4.74. The lowest BCUT2D eigenvalue weighted by Crippen LogP contribution is -2.20. The number of urea groups is 1. The summed E-state index contributed by atoms with van der Waals surface area (Å²) in [6.45, 7) is 4.62. The van der Waals surface area contributed by atoms with Crippen molar-refractivity contribution >= 4 is 40.0 Å². The first-order valence-corrected chi connectivity index (χ1v) is 10.7. The number of anilines is 2. The largest absolute Gasteiger partial charge is 0.494 e. The van der Waals surface area contributed by atoms with Crippen LogP contribution in [0.2, 0.25) is 0 Å². The highest BCUT2D eigenvalue weighted by Gasteiger charge is 2.26. The van der Waals surface area contributed by atoms with E-state index in [1.165, 1.54) is 5.70 Å². The standard InChI is InChI=1S/C22H24N4O2S/c1-2-3-14-28-19-10-8-18(9-11-19)25-21(27)24-17-6-4-16(5-7-17)20-15-29-22-23-12-13-26(20)22/h4-11,15H,2-3,12-14H2,1H3,(H2,24,25,27). The van der Waals surface area contributed by atoms with Gasteiger partial charge in [0.1, 0.15) is 5.75 Å². The summed E-state index contributed by atoms with van der Waals surface area (Å²) in [7, 11) is 0. The zero-order valence-electron chi connectivity index (χ0n) is 16.4. The third-order valence-corrected chi connectivity index (χ3v) is 5.59. The van der Waals surface area contributed by atoms with Crippen LogP contribution in [0.5, 0.6) is 5.75 Å². The molecule has 2 aliphatic heterocycles. The number of amidine groups is 1. The van der Waals surface area contributed by atoms with Gasteiger partial charge in [-0.3, -0.25) is 4.99 Å². The van der Waals surface area contributed by atoms with Crippen molar-refractivity contribution < 1.29 is 9.53 Å². The zero-order chi connectivity index (χ0) is 20.1. The molecule has 2 heterocycles. The molecule has 0 radical (unpaired) electrons. The molecule has 0 unspecified atom stereocenters. The summed E-state index contributed by atoms with van der Waals surface area (Å²) in [6, 6.07) is 15.0. The average Bonchev–Trinajstić information content (AvgIpc) is 3.34. The Kier molecular flexibility index (Phi) is 6.05. The maximum Gasteiger partial charge on any atom is 0.323 e. The van der Waals surface area contributed by atoms with Crippen LogP contribution in [0.15, 0.2) is 58.9 Å². The van der Waals surface area contributed by atoms with Crippen LogP contribution in [0.25, 0.3) is 5.70 Å². The van der Waals surface area contributed by atoms with E-state index in [4.69, 9.17) is 4.74 Å². The number of hydrogen-bond acceptors (Lipinski definition) is 5. The van der Waals surface area contributed by atoms with E-state index in [0.717, 1.165) is 53.8 Å². The number of carbonyl (C=O) groups is 1. The number of carbonyl (C=O) groups excluding carboxylic acids is 1. The maximum atomic E-state index is 12.3. The number of unbranched alkanes of at least 4 members (excludes halogenated alkanes) is 1. The molecule has 29 heavy (non-hydrogen) atoms. The molecule has 2 aromatic carbocycles. The lowest BCUT2D eigenvalue weighted by molar-refractivity contribution is 0.262. The normalized spacial score (nSPS) is 14.9. The van der Waals surface area contributed by atoms with Crippen LogP contribution >= 0.6 is 11.8 Å². The molecule has 0 saturated carbocycles. The minimum Gasteiger partial charge on any atom is -0.494 e. The number of hydrogen-bond donors (Lipinski definition) is 2. The minimum atomic E-state index is -0.276. The smallest absolute Gasteiger partial charge is 0.323 e. The molecular formula is C22H24N4O2S. The number of thioether (sulfide) groups is 1. The van der Waals surface area contributed by atoms with E-state index in [-0.39, 0.29) is 6.03 Å². The SMILES string of the molecule is CCCCOc1ccc(NC(=O)Nc2ccc(C3=CSC4=NCCN34)cc2)cc1. The Bertz CT molecular complexity index is 923.